The molecule has 10 nitrogen and oxygen atoms in total. The molecule has 0 radical (unpaired) electrons. The molecule has 0 saturated heterocycles. The Balaban J connectivity index is 3.12. The number of nitrogens with two attached hydrogens (primary N) is 1. The number of carbonyl (C=O) groups is 2. The van der Waals surface area contributed by atoms with Crippen LogP contribution in [-0.4, -0.2) is 82.9 Å². The molecule has 0 heterocycles. The van der Waals surface area contributed by atoms with Gasteiger partial charge in [-0.05, 0) is 12.8 Å². The largest absolute Gasteiger partial charge is 0.480 e. The average Bonchev–Trinajstić information content (AvgIpc) is 2.55. The van der Waals surface area contributed by atoms with Gasteiger partial charge in [-0.25, -0.2) is 4.79 Å². The highest BCUT2D eigenvalue weighted by Crippen LogP contribution is 1.85. The number of nitrogens with one attached hydrogen (secondary N) is 2. The molecule has 0 unspecified atom stereocenters. The van der Waals surface area contributed by atoms with Crippen molar-refractivity contribution in [1.82, 2.24) is 10.7 Å². The van der Waals surface area contributed by atoms with Gasteiger partial charge in [-0.15, -0.1) is 0 Å². The molecule has 0 aliphatic rings. The highest BCUT2D eigenvalue weighted by atomic mass is 16.5. The number of hydrogen-bond donors (Lipinski definition) is 4. The van der Waals surface area contributed by atoms with Gasteiger partial charge in [-0.1, -0.05) is 0 Å². The summed E-state index contributed by atoms with van der Waals surface area (Å²) in [7, 11) is 0. The quantitative estimate of drug-likeness (QED) is 0.132. The molecule has 0 rings (SSSR count). The van der Waals surface area contributed by atoms with Gasteiger partial charge in [-0.3, -0.25) is 16.1 Å². The molecule has 24 heavy (non-hydrogen) atoms. The van der Waals surface area contributed by atoms with E-state index in [-0.39, 0.29) is 12.5 Å². The second-order valence-electron chi connectivity index (χ2n) is 4.73. The number of hydrogen-bond acceptors (Lipinski definition) is 8. The Morgan fingerprint density at radius 3 is 1.88 bits per heavy atom. The molecular weight excluding hydrogens is 322 g/mol. The summed E-state index contributed by atoms with van der Waals surface area (Å²) < 4.78 is 20.6. The van der Waals surface area contributed by atoms with Crippen LogP contribution < -0.4 is 16.6 Å². The van der Waals surface area contributed by atoms with Crippen molar-refractivity contribution in [3.05, 3.63) is 0 Å². The zero-order valence-electron chi connectivity index (χ0n) is 14.0. The first-order chi connectivity index (χ1) is 11.7. The molecule has 1 amide bonds. The summed E-state index contributed by atoms with van der Waals surface area (Å²) in [4.78, 5) is 21.4. The summed E-state index contributed by atoms with van der Waals surface area (Å²) in [6.07, 6.45) is 1.52. The maximum atomic E-state index is 11.2. The van der Waals surface area contributed by atoms with Crippen LogP contribution in [0.15, 0.2) is 0 Å². The number of carbonyl (C=O) groups excluding carboxylic acids is 1. The predicted molar refractivity (Wildman–Crippen MR) is 85.3 cm³/mol. The van der Waals surface area contributed by atoms with E-state index in [1.54, 1.807) is 0 Å². The van der Waals surface area contributed by atoms with Gasteiger partial charge in [0, 0.05) is 26.3 Å². The molecule has 10 heteroatoms. The summed E-state index contributed by atoms with van der Waals surface area (Å²) in [6.45, 7) is 3.62. The number of ether oxygens (including phenoxy) is 4. The zero-order valence-corrected chi connectivity index (χ0v) is 14.0. The summed E-state index contributed by atoms with van der Waals surface area (Å²) in [5, 5.41) is 10.9. The van der Waals surface area contributed by atoms with Gasteiger partial charge in [0.1, 0.15) is 13.2 Å². The number of aliphatic carboxylic acids is 1. The van der Waals surface area contributed by atoms with Crippen molar-refractivity contribution in [2.45, 2.75) is 12.8 Å². The first kappa shape index (κ1) is 22.7. The third-order valence-electron chi connectivity index (χ3n) is 2.60. The third-order valence-corrected chi connectivity index (χ3v) is 2.60. The molecule has 0 saturated carbocycles. The van der Waals surface area contributed by atoms with Gasteiger partial charge in [0.2, 0.25) is 5.91 Å². The van der Waals surface area contributed by atoms with Gasteiger partial charge in [0.25, 0.3) is 0 Å². The fourth-order valence-electron chi connectivity index (χ4n) is 1.50. The Morgan fingerprint density at radius 2 is 1.33 bits per heavy atom. The molecule has 0 aliphatic carbocycles. The Kier molecular flexibility index (Phi) is 17.1. The lowest BCUT2D eigenvalue weighted by molar-refractivity contribution is -0.143. The lowest BCUT2D eigenvalue weighted by Gasteiger charge is -2.07. The van der Waals surface area contributed by atoms with E-state index in [1.807, 2.05) is 0 Å². The standard InChI is InChI=1S/C14H29N3O7/c15-17-4-2-6-22-8-10-23-9-7-21-5-1-3-16-13(18)11-24-12-14(19)20/h17H,1-12,15H2,(H,16,18)(H,19,20). The van der Waals surface area contributed by atoms with Crippen LogP contribution in [0.5, 0.6) is 0 Å². The van der Waals surface area contributed by atoms with E-state index in [0.717, 1.165) is 13.0 Å². The fraction of sp³-hybridized carbons (Fsp3) is 0.857. The van der Waals surface area contributed by atoms with E-state index in [9.17, 15) is 9.59 Å². The number of carboxylic acid groups (broad SMARTS) is 1. The van der Waals surface area contributed by atoms with Crippen molar-refractivity contribution in [1.29, 1.82) is 0 Å². The average molecular weight is 351 g/mol. The van der Waals surface area contributed by atoms with Crippen LogP contribution in [0.1, 0.15) is 12.8 Å². The van der Waals surface area contributed by atoms with E-state index >= 15 is 0 Å². The topological polar surface area (TPSA) is 141 Å². The Hall–Kier alpha value is -1.30. The van der Waals surface area contributed by atoms with Crippen molar-refractivity contribution >= 4 is 11.9 Å². The van der Waals surface area contributed by atoms with Gasteiger partial charge < -0.3 is 29.4 Å². The highest BCUT2D eigenvalue weighted by Gasteiger charge is 2.02. The summed E-state index contributed by atoms with van der Waals surface area (Å²) in [5.74, 6) is 3.67. The Labute approximate surface area is 141 Å². The predicted octanol–water partition coefficient (Wildman–Crippen LogP) is -1.50. The van der Waals surface area contributed by atoms with E-state index in [2.05, 4.69) is 15.5 Å². The lowest BCUT2D eigenvalue weighted by Crippen LogP contribution is -2.30. The van der Waals surface area contributed by atoms with Gasteiger partial charge in [0.05, 0.1) is 26.4 Å². The SMILES string of the molecule is NNCCCOCCOCCOCCCNC(=O)COCC(=O)O. The summed E-state index contributed by atoms with van der Waals surface area (Å²) in [5.41, 5.74) is 2.55. The maximum Gasteiger partial charge on any atom is 0.329 e. The van der Waals surface area contributed by atoms with E-state index < -0.39 is 12.6 Å². The van der Waals surface area contributed by atoms with Crippen LogP contribution in [-0.2, 0) is 28.5 Å². The first-order valence-corrected chi connectivity index (χ1v) is 7.89. The van der Waals surface area contributed by atoms with Crippen molar-refractivity contribution in [2.75, 3.05) is 65.9 Å². The third kappa shape index (κ3) is 18.7. The molecule has 142 valence electrons. The number of hydrazine groups is 1. The second kappa shape index (κ2) is 18.0. The summed E-state index contributed by atoms with van der Waals surface area (Å²) >= 11 is 0. The van der Waals surface area contributed by atoms with Gasteiger partial charge >= 0.3 is 5.97 Å². The first-order valence-electron chi connectivity index (χ1n) is 7.89. The Morgan fingerprint density at radius 1 is 0.792 bits per heavy atom. The normalized spacial score (nSPS) is 10.7. The molecule has 0 aromatic heterocycles. The zero-order chi connectivity index (χ0) is 17.9. The minimum Gasteiger partial charge on any atom is -0.480 e. The number of rotatable bonds is 18. The molecule has 0 aliphatic heterocycles. The minimum atomic E-state index is -1.10. The highest BCUT2D eigenvalue weighted by molar-refractivity contribution is 5.77. The fourth-order valence-corrected chi connectivity index (χ4v) is 1.50. The molecular formula is C14H29N3O7. The van der Waals surface area contributed by atoms with Crippen molar-refractivity contribution < 1.29 is 33.6 Å². The second-order valence-corrected chi connectivity index (χ2v) is 4.73. The maximum absolute atomic E-state index is 11.2. The van der Waals surface area contributed by atoms with Crippen LogP contribution in [0.2, 0.25) is 0 Å². The van der Waals surface area contributed by atoms with Crippen molar-refractivity contribution in [2.24, 2.45) is 5.84 Å². The Bertz CT molecular complexity index is 319. The smallest absolute Gasteiger partial charge is 0.329 e. The molecule has 5 N–H and O–H groups in total. The van der Waals surface area contributed by atoms with E-state index in [1.165, 1.54) is 0 Å². The van der Waals surface area contributed by atoms with Crippen LogP contribution in [0.3, 0.4) is 0 Å². The summed E-state index contributed by atoms with van der Waals surface area (Å²) in [6, 6.07) is 0. The molecule has 0 aromatic carbocycles. The van der Waals surface area contributed by atoms with Crippen molar-refractivity contribution in [3.63, 3.8) is 0 Å². The molecule has 0 spiro atoms. The minimum absolute atomic E-state index is 0.258. The van der Waals surface area contributed by atoms with Gasteiger partial charge in [0.15, 0.2) is 0 Å². The lowest BCUT2D eigenvalue weighted by atomic mass is 10.4. The van der Waals surface area contributed by atoms with Crippen molar-refractivity contribution in [3.8, 4) is 0 Å². The molecule has 0 fully saturated rings. The molecule has 0 aromatic rings. The van der Waals surface area contributed by atoms with Crippen LogP contribution in [0.4, 0.5) is 0 Å². The molecule has 0 atom stereocenters. The van der Waals surface area contributed by atoms with Gasteiger partial charge in [-0.2, -0.15) is 0 Å². The van der Waals surface area contributed by atoms with Crippen LogP contribution >= 0.6 is 0 Å². The van der Waals surface area contributed by atoms with Crippen LogP contribution in [0.25, 0.3) is 0 Å². The van der Waals surface area contributed by atoms with E-state index in [0.29, 0.717) is 52.6 Å². The number of amides is 1. The molecule has 0 bridgehead atoms. The van der Waals surface area contributed by atoms with Crippen LogP contribution in [0, 0.1) is 0 Å². The number of carboxylic acids is 1. The monoisotopic (exact) mass is 351 g/mol. The van der Waals surface area contributed by atoms with E-state index in [4.69, 9.17) is 25.2 Å².